The van der Waals surface area contributed by atoms with Gasteiger partial charge in [-0.25, -0.2) is 9.37 Å². The molecular weight excluding hydrogens is 369 g/mol. The summed E-state index contributed by atoms with van der Waals surface area (Å²) in [4.78, 5) is 30.3. The van der Waals surface area contributed by atoms with Crippen LogP contribution in [0.15, 0.2) is 53.9 Å². The Morgan fingerprint density at radius 2 is 2.00 bits per heavy atom. The molecule has 0 aliphatic carbocycles. The number of carbonyl (C=O) groups excluding carboxylic acids is 2. The van der Waals surface area contributed by atoms with Crippen molar-refractivity contribution < 1.29 is 18.7 Å². The number of benzene rings is 2. The molecule has 0 unspecified atom stereocenters. The average Bonchev–Trinajstić information content (AvgIpc) is 3.13. The highest BCUT2D eigenvalue weighted by Gasteiger charge is 2.27. The van der Waals surface area contributed by atoms with E-state index in [4.69, 9.17) is 4.74 Å². The van der Waals surface area contributed by atoms with E-state index in [-0.39, 0.29) is 30.8 Å². The first-order chi connectivity index (χ1) is 13.1. The predicted molar refractivity (Wildman–Crippen MR) is 100 cm³/mol. The Morgan fingerprint density at radius 3 is 2.81 bits per heavy atom. The minimum atomic E-state index is -0.361. The SMILES string of the molecule is O=C(CN1C(=O)COc2ccccc21)Nc1nc(-c2ccc(F)cc2)cs1. The van der Waals surface area contributed by atoms with Crippen molar-refractivity contribution in [3.63, 3.8) is 0 Å². The van der Waals surface area contributed by atoms with Crippen molar-refractivity contribution in [3.05, 3.63) is 59.7 Å². The molecule has 2 amide bonds. The number of hydrogen-bond acceptors (Lipinski definition) is 5. The zero-order valence-corrected chi connectivity index (χ0v) is 14.8. The summed E-state index contributed by atoms with van der Waals surface area (Å²) in [6.45, 7) is -0.235. The van der Waals surface area contributed by atoms with Gasteiger partial charge >= 0.3 is 0 Å². The number of nitrogens with one attached hydrogen (secondary N) is 1. The largest absolute Gasteiger partial charge is 0.482 e. The van der Waals surface area contributed by atoms with Gasteiger partial charge in [-0.3, -0.25) is 14.5 Å². The van der Waals surface area contributed by atoms with Gasteiger partial charge in [0, 0.05) is 10.9 Å². The van der Waals surface area contributed by atoms with Crippen LogP contribution in [0.4, 0.5) is 15.2 Å². The number of anilines is 2. The van der Waals surface area contributed by atoms with E-state index in [2.05, 4.69) is 10.3 Å². The van der Waals surface area contributed by atoms with Crippen LogP contribution in [0.2, 0.25) is 0 Å². The van der Waals surface area contributed by atoms with Gasteiger partial charge in [0.25, 0.3) is 5.91 Å². The van der Waals surface area contributed by atoms with Gasteiger partial charge in [-0.2, -0.15) is 0 Å². The molecular formula is C19H14FN3O3S. The number of thiazole rings is 1. The van der Waals surface area contributed by atoms with E-state index in [1.54, 1.807) is 41.8 Å². The molecule has 1 N–H and O–H groups in total. The highest BCUT2D eigenvalue weighted by atomic mass is 32.1. The molecule has 1 aromatic heterocycles. The molecule has 0 saturated carbocycles. The summed E-state index contributed by atoms with van der Waals surface area (Å²) >= 11 is 1.26. The minimum absolute atomic E-state index is 0.101. The van der Waals surface area contributed by atoms with E-state index in [0.717, 1.165) is 5.56 Å². The van der Waals surface area contributed by atoms with Gasteiger partial charge in [0.05, 0.1) is 11.4 Å². The molecule has 0 saturated heterocycles. The molecule has 6 nitrogen and oxygen atoms in total. The lowest BCUT2D eigenvalue weighted by atomic mass is 10.2. The smallest absolute Gasteiger partial charge is 0.265 e. The molecule has 27 heavy (non-hydrogen) atoms. The number of rotatable bonds is 4. The van der Waals surface area contributed by atoms with Crippen molar-refractivity contribution in [3.8, 4) is 17.0 Å². The summed E-state index contributed by atoms with van der Waals surface area (Å²) in [5.74, 6) is -0.397. The number of fused-ring (bicyclic) bond motifs is 1. The highest BCUT2D eigenvalue weighted by Crippen LogP contribution is 2.31. The van der Waals surface area contributed by atoms with Crippen molar-refractivity contribution in [1.82, 2.24) is 4.98 Å². The Kier molecular flexibility index (Phi) is 4.55. The van der Waals surface area contributed by atoms with Crippen molar-refractivity contribution in [1.29, 1.82) is 0 Å². The molecule has 8 heteroatoms. The van der Waals surface area contributed by atoms with E-state index < -0.39 is 0 Å². The van der Waals surface area contributed by atoms with E-state index in [1.807, 2.05) is 0 Å². The number of amides is 2. The number of hydrogen-bond donors (Lipinski definition) is 1. The molecule has 3 aromatic rings. The lowest BCUT2D eigenvalue weighted by Crippen LogP contribution is -2.43. The predicted octanol–water partition coefficient (Wildman–Crippen LogP) is 3.31. The van der Waals surface area contributed by atoms with Crippen molar-refractivity contribution in [2.45, 2.75) is 0 Å². The number of para-hydroxylation sites is 2. The lowest BCUT2D eigenvalue weighted by molar-refractivity contribution is -0.123. The topological polar surface area (TPSA) is 71.5 Å². The number of aromatic nitrogens is 1. The Morgan fingerprint density at radius 1 is 1.22 bits per heavy atom. The quantitative estimate of drug-likeness (QED) is 0.750. The molecule has 136 valence electrons. The third kappa shape index (κ3) is 3.65. The fourth-order valence-corrected chi connectivity index (χ4v) is 3.45. The van der Waals surface area contributed by atoms with E-state index in [0.29, 0.717) is 22.3 Å². The van der Waals surface area contributed by atoms with Gasteiger partial charge in [0.2, 0.25) is 5.91 Å². The van der Waals surface area contributed by atoms with Gasteiger partial charge < -0.3 is 10.1 Å². The van der Waals surface area contributed by atoms with Crippen molar-refractivity contribution in [2.24, 2.45) is 0 Å². The van der Waals surface area contributed by atoms with E-state index >= 15 is 0 Å². The molecule has 1 aliphatic heterocycles. The molecule has 0 atom stereocenters. The third-order valence-corrected chi connectivity index (χ3v) is 4.76. The summed E-state index contributed by atoms with van der Waals surface area (Å²) in [7, 11) is 0. The number of ether oxygens (including phenoxy) is 1. The highest BCUT2D eigenvalue weighted by molar-refractivity contribution is 7.14. The second-order valence-corrected chi connectivity index (χ2v) is 6.69. The molecule has 4 rings (SSSR count). The molecule has 0 radical (unpaired) electrons. The van der Waals surface area contributed by atoms with Crippen LogP contribution in [0.5, 0.6) is 5.75 Å². The Balaban J connectivity index is 1.46. The zero-order chi connectivity index (χ0) is 18.8. The zero-order valence-electron chi connectivity index (χ0n) is 14.0. The van der Waals surface area contributed by atoms with Crippen LogP contribution in [0.1, 0.15) is 0 Å². The molecule has 0 spiro atoms. The minimum Gasteiger partial charge on any atom is -0.482 e. The normalized spacial score (nSPS) is 13.1. The van der Waals surface area contributed by atoms with Gasteiger partial charge in [-0.1, -0.05) is 12.1 Å². The second kappa shape index (κ2) is 7.16. The van der Waals surface area contributed by atoms with Gasteiger partial charge in [0.15, 0.2) is 11.7 Å². The van der Waals surface area contributed by atoms with Crippen molar-refractivity contribution >= 4 is 34.0 Å². The first-order valence-electron chi connectivity index (χ1n) is 8.14. The van der Waals surface area contributed by atoms with E-state index in [1.165, 1.54) is 28.4 Å². The van der Waals surface area contributed by atoms with E-state index in [9.17, 15) is 14.0 Å². The molecule has 2 aromatic carbocycles. The van der Waals surface area contributed by atoms with Crippen LogP contribution in [-0.4, -0.2) is 29.9 Å². The van der Waals surface area contributed by atoms with Crippen LogP contribution >= 0.6 is 11.3 Å². The number of carbonyl (C=O) groups is 2. The van der Waals surface area contributed by atoms with Gasteiger partial charge in [-0.15, -0.1) is 11.3 Å². The first-order valence-corrected chi connectivity index (χ1v) is 9.01. The lowest BCUT2D eigenvalue weighted by Gasteiger charge is -2.28. The standard InChI is InChI=1S/C19H14FN3O3S/c20-13-7-5-12(6-8-13)14-11-27-19(21-14)22-17(24)9-23-15-3-1-2-4-16(15)26-10-18(23)25/h1-8,11H,9-10H2,(H,21,22,24). The molecule has 1 aliphatic rings. The summed E-state index contributed by atoms with van der Waals surface area (Å²) < 4.78 is 18.4. The monoisotopic (exact) mass is 383 g/mol. The maximum absolute atomic E-state index is 13.0. The Hall–Kier alpha value is -3.26. The number of nitrogens with zero attached hydrogens (tertiary/aromatic N) is 2. The van der Waals surface area contributed by atoms with Crippen molar-refractivity contribution in [2.75, 3.05) is 23.4 Å². The molecule has 0 fully saturated rings. The first kappa shape index (κ1) is 17.2. The summed E-state index contributed by atoms with van der Waals surface area (Å²) in [6, 6.07) is 13.0. The fraction of sp³-hybridized carbons (Fsp3) is 0.105. The Bertz CT molecular complexity index is 1000. The fourth-order valence-electron chi connectivity index (χ4n) is 2.71. The second-order valence-electron chi connectivity index (χ2n) is 5.83. The maximum Gasteiger partial charge on any atom is 0.265 e. The number of halogens is 1. The summed E-state index contributed by atoms with van der Waals surface area (Å²) in [5, 5.41) is 4.89. The van der Waals surface area contributed by atoms with Crippen LogP contribution in [0.25, 0.3) is 11.3 Å². The summed E-state index contributed by atoms with van der Waals surface area (Å²) in [5.41, 5.74) is 1.96. The van der Waals surface area contributed by atoms with Crippen LogP contribution in [0, 0.1) is 5.82 Å². The van der Waals surface area contributed by atoms with Crippen LogP contribution in [-0.2, 0) is 9.59 Å². The maximum atomic E-state index is 13.0. The Labute approximate surface area is 158 Å². The average molecular weight is 383 g/mol. The molecule has 2 heterocycles. The third-order valence-electron chi connectivity index (χ3n) is 4.00. The molecule has 0 bridgehead atoms. The van der Waals surface area contributed by atoms with Crippen LogP contribution in [0.3, 0.4) is 0 Å². The van der Waals surface area contributed by atoms with Crippen LogP contribution < -0.4 is 15.0 Å². The van der Waals surface area contributed by atoms with Gasteiger partial charge in [0.1, 0.15) is 18.1 Å². The van der Waals surface area contributed by atoms with Gasteiger partial charge in [-0.05, 0) is 36.4 Å². The summed E-state index contributed by atoms with van der Waals surface area (Å²) in [6.07, 6.45) is 0.